The summed E-state index contributed by atoms with van der Waals surface area (Å²) in [4.78, 5) is 25.9. The lowest BCUT2D eigenvalue weighted by atomic mass is 9.95. The number of nitrogens with two attached hydrogens (primary N) is 1. The van der Waals surface area contributed by atoms with Gasteiger partial charge >= 0.3 is 0 Å². The standard InChI is InChI=1S/C19H18FN3O2S/c1-23-13-7-4-6-12(20)11(13)9-14(23)18(25)22-19-16(17(21)24)10-5-2-3-8-15(10)26-19/h4,6-7,9H,2-3,5,8H2,1H3,(H2,21,24)(H,22,25). The molecule has 2 aromatic heterocycles. The van der Waals surface area contributed by atoms with Gasteiger partial charge in [-0.25, -0.2) is 4.39 Å². The molecule has 1 aromatic carbocycles. The Morgan fingerprint density at radius 2 is 2.04 bits per heavy atom. The van der Waals surface area contributed by atoms with Gasteiger partial charge in [-0.15, -0.1) is 11.3 Å². The Kier molecular flexibility index (Phi) is 4.03. The number of benzene rings is 1. The van der Waals surface area contributed by atoms with Gasteiger partial charge in [0, 0.05) is 17.3 Å². The first-order chi connectivity index (χ1) is 12.5. The Hall–Kier alpha value is -2.67. The number of hydrogen-bond acceptors (Lipinski definition) is 3. The second kappa shape index (κ2) is 6.25. The summed E-state index contributed by atoms with van der Waals surface area (Å²) >= 11 is 1.41. The third-order valence-corrected chi connectivity index (χ3v) is 6.12. The maximum absolute atomic E-state index is 14.0. The van der Waals surface area contributed by atoms with Gasteiger partial charge in [-0.3, -0.25) is 9.59 Å². The van der Waals surface area contributed by atoms with Crippen LogP contribution in [0.5, 0.6) is 0 Å². The van der Waals surface area contributed by atoms with Gasteiger partial charge in [-0.1, -0.05) is 6.07 Å². The average Bonchev–Trinajstić information content (AvgIpc) is 3.14. The van der Waals surface area contributed by atoms with E-state index in [0.717, 1.165) is 36.1 Å². The van der Waals surface area contributed by atoms with Crippen LogP contribution in [0.3, 0.4) is 0 Å². The van der Waals surface area contributed by atoms with E-state index in [-0.39, 0.29) is 11.7 Å². The number of halogens is 1. The van der Waals surface area contributed by atoms with Crippen molar-refractivity contribution < 1.29 is 14.0 Å². The Labute approximate surface area is 153 Å². The Bertz CT molecular complexity index is 1050. The van der Waals surface area contributed by atoms with Gasteiger partial charge in [-0.2, -0.15) is 0 Å². The summed E-state index contributed by atoms with van der Waals surface area (Å²) in [5.41, 5.74) is 7.92. The first-order valence-corrected chi connectivity index (χ1v) is 9.28. The number of primary amides is 1. The molecule has 3 N–H and O–H groups in total. The van der Waals surface area contributed by atoms with E-state index in [9.17, 15) is 14.0 Å². The molecule has 1 aliphatic carbocycles. The van der Waals surface area contributed by atoms with Crippen molar-refractivity contribution in [3.8, 4) is 0 Å². The predicted molar refractivity (Wildman–Crippen MR) is 100 cm³/mol. The van der Waals surface area contributed by atoms with Crippen LogP contribution in [0.4, 0.5) is 9.39 Å². The molecule has 26 heavy (non-hydrogen) atoms. The monoisotopic (exact) mass is 371 g/mol. The summed E-state index contributed by atoms with van der Waals surface area (Å²) in [6.45, 7) is 0. The fraction of sp³-hybridized carbons (Fsp3) is 0.263. The van der Waals surface area contributed by atoms with E-state index in [4.69, 9.17) is 5.73 Å². The van der Waals surface area contributed by atoms with Crippen molar-refractivity contribution in [1.82, 2.24) is 4.57 Å². The highest BCUT2D eigenvalue weighted by Crippen LogP contribution is 2.38. The summed E-state index contributed by atoms with van der Waals surface area (Å²) in [6, 6.07) is 6.26. The molecule has 0 unspecified atom stereocenters. The minimum Gasteiger partial charge on any atom is -0.365 e. The molecule has 134 valence electrons. The van der Waals surface area contributed by atoms with E-state index in [2.05, 4.69) is 5.32 Å². The van der Waals surface area contributed by atoms with Crippen LogP contribution in [0.2, 0.25) is 0 Å². The zero-order chi connectivity index (χ0) is 18.4. The molecule has 0 fully saturated rings. The third kappa shape index (κ3) is 2.59. The maximum atomic E-state index is 14.0. The molecular formula is C19H18FN3O2S. The van der Waals surface area contributed by atoms with Crippen LogP contribution in [0, 0.1) is 5.82 Å². The molecule has 0 radical (unpaired) electrons. The lowest BCUT2D eigenvalue weighted by Crippen LogP contribution is -2.19. The van der Waals surface area contributed by atoms with Crippen molar-refractivity contribution in [2.75, 3.05) is 5.32 Å². The van der Waals surface area contributed by atoms with E-state index >= 15 is 0 Å². The van der Waals surface area contributed by atoms with Crippen molar-refractivity contribution >= 4 is 39.1 Å². The number of aromatic nitrogens is 1. The molecule has 0 saturated heterocycles. The highest BCUT2D eigenvalue weighted by molar-refractivity contribution is 7.17. The molecule has 0 bridgehead atoms. The van der Waals surface area contributed by atoms with Crippen molar-refractivity contribution in [3.63, 3.8) is 0 Å². The second-order valence-corrected chi connectivity index (χ2v) is 7.60. The highest BCUT2D eigenvalue weighted by Gasteiger charge is 2.26. The number of thiophene rings is 1. The van der Waals surface area contributed by atoms with Crippen molar-refractivity contribution in [1.29, 1.82) is 0 Å². The molecule has 2 amide bonds. The summed E-state index contributed by atoms with van der Waals surface area (Å²) in [6.07, 6.45) is 3.79. The van der Waals surface area contributed by atoms with Gasteiger partial charge in [0.25, 0.3) is 11.8 Å². The number of anilines is 1. The summed E-state index contributed by atoms with van der Waals surface area (Å²) < 4.78 is 15.6. The molecule has 3 aromatic rings. The van der Waals surface area contributed by atoms with Gasteiger partial charge in [0.2, 0.25) is 0 Å². The lowest BCUT2D eigenvalue weighted by molar-refractivity contribution is 0.100. The van der Waals surface area contributed by atoms with Crippen LogP contribution in [-0.2, 0) is 19.9 Å². The van der Waals surface area contributed by atoms with Crippen LogP contribution in [-0.4, -0.2) is 16.4 Å². The molecule has 0 atom stereocenters. The fourth-order valence-corrected chi connectivity index (χ4v) is 4.91. The normalized spacial score (nSPS) is 13.6. The fourth-order valence-electron chi connectivity index (χ4n) is 3.62. The second-order valence-electron chi connectivity index (χ2n) is 6.49. The molecule has 5 nitrogen and oxygen atoms in total. The van der Waals surface area contributed by atoms with E-state index < -0.39 is 5.91 Å². The minimum atomic E-state index is -0.525. The Balaban J connectivity index is 1.73. The Morgan fingerprint density at radius 1 is 1.27 bits per heavy atom. The van der Waals surface area contributed by atoms with Crippen LogP contribution in [0.15, 0.2) is 24.3 Å². The number of fused-ring (bicyclic) bond motifs is 2. The van der Waals surface area contributed by atoms with Gasteiger partial charge in [0.1, 0.15) is 16.5 Å². The molecular weight excluding hydrogens is 353 g/mol. The number of rotatable bonds is 3. The predicted octanol–water partition coefficient (Wildman–Crippen LogP) is 3.61. The number of nitrogens with one attached hydrogen (secondary N) is 1. The minimum absolute atomic E-state index is 0.326. The molecule has 0 spiro atoms. The quantitative estimate of drug-likeness (QED) is 0.738. The van der Waals surface area contributed by atoms with Crippen molar-refractivity contribution in [3.05, 3.63) is 51.8 Å². The zero-order valence-electron chi connectivity index (χ0n) is 14.3. The van der Waals surface area contributed by atoms with Crippen LogP contribution in [0.25, 0.3) is 10.9 Å². The van der Waals surface area contributed by atoms with Crippen molar-refractivity contribution in [2.45, 2.75) is 25.7 Å². The highest BCUT2D eigenvalue weighted by atomic mass is 32.1. The molecule has 7 heteroatoms. The van der Waals surface area contributed by atoms with E-state index in [1.54, 1.807) is 23.7 Å². The van der Waals surface area contributed by atoms with Crippen LogP contribution in [0.1, 0.15) is 44.1 Å². The SMILES string of the molecule is Cn1c(C(=O)Nc2sc3c(c2C(N)=O)CCCC3)cc2c(F)cccc21. The molecule has 4 rings (SSSR count). The van der Waals surface area contributed by atoms with Gasteiger partial charge in [0.15, 0.2) is 0 Å². The first kappa shape index (κ1) is 16.8. The number of carbonyl (C=O) groups excluding carboxylic acids is 2. The molecule has 2 heterocycles. The van der Waals surface area contributed by atoms with Crippen LogP contribution < -0.4 is 11.1 Å². The molecule has 0 saturated carbocycles. The number of carbonyl (C=O) groups is 2. The summed E-state index contributed by atoms with van der Waals surface area (Å²) in [5, 5.41) is 3.70. The van der Waals surface area contributed by atoms with Crippen molar-refractivity contribution in [2.24, 2.45) is 12.8 Å². The number of amides is 2. The van der Waals surface area contributed by atoms with E-state index in [0.29, 0.717) is 27.2 Å². The molecule has 0 aliphatic heterocycles. The van der Waals surface area contributed by atoms with Crippen LogP contribution >= 0.6 is 11.3 Å². The topological polar surface area (TPSA) is 77.1 Å². The number of aryl methyl sites for hydroxylation is 2. The summed E-state index contributed by atoms with van der Waals surface area (Å²) in [7, 11) is 1.71. The maximum Gasteiger partial charge on any atom is 0.272 e. The summed E-state index contributed by atoms with van der Waals surface area (Å²) in [5.74, 6) is -1.28. The average molecular weight is 371 g/mol. The number of nitrogens with zero attached hydrogens (tertiary/aromatic N) is 1. The van der Waals surface area contributed by atoms with Gasteiger partial charge < -0.3 is 15.6 Å². The first-order valence-electron chi connectivity index (χ1n) is 8.47. The largest absolute Gasteiger partial charge is 0.365 e. The Morgan fingerprint density at radius 3 is 2.77 bits per heavy atom. The van der Waals surface area contributed by atoms with E-state index in [1.165, 1.54) is 23.5 Å². The van der Waals surface area contributed by atoms with Gasteiger partial charge in [-0.05, 0) is 49.4 Å². The third-order valence-electron chi connectivity index (χ3n) is 4.91. The smallest absolute Gasteiger partial charge is 0.272 e. The zero-order valence-corrected chi connectivity index (χ0v) is 15.1. The van der Waals surface area contributed by atoms with Gasteiger partial charge in [0.05, 0.1) is 11.1 Å². The number of hydrogen-bond donors (Lipinski definition) is 2. The lowest BCUT2D eigenvalue weighted by Gasteiger charge is -2.11. The van der Waals surface area contributed by atoms with E-state index in [1.807, 2.05) is 0 Å². The molecule has 1 aliphatic rings.